The van der Waals surface area contributed by atoms with Gasteiger partial charge in [-0.3, -0.25) is 9.59 Å². The fourth-order valence-electron chi connectivity index (χ4n) is 1.18. The van der Waals surface area contributed by atoms with Gasteiger partial charge in [-0.25, -0.2) is 0 Å². The van der Waals surface area contributed by atoms with Gasteiger partial charge in [0.25, 0.3) is 0 Å². The first-order valence-corrected chi connectivity index (χ1v) is 6.92. The van der Waals surface area contributed by atoms with Crippen molar-refractivity contribution in [3.8, 4) is 6.07 Å². The van der Waals surface area contributed by atoms with Crippen molar-refractivity contribution in [3.05, 3.63) is 11.8 Å². The molecule has 0 saturated carbocycles. The Morgan fingerprint density at radius 1 is 1.60 bits per heavy atom. The number of nitriles is 1. The lowest BCUT2D eigenvalue weighted by molar-refractivity contribution is -0.142. The molecule has 8 heteroatoms. The molecule has 2 atom stereocenters. The fourth-order valence-corrected chi connectivity index (χ4v) is 1.84. The average molecular weight is 297 g/mol. The van der Waals surface area contributed by atoms with Crippen molar-refractivity contribution in [3.63, 3.8) is 0 Å². The molecule has 1 rings (SSSR count). The highest BCUT2D eigenvalue weighted by Gasteiger charge is 2.18. The van der Waals surface area contributed by atoms with Crippen LogP contribution >= 0.6 is 11.8 Å². The Morgan fingerprint density at radius 2 is 2.30 bits per heavy atom. The Labute approximate surface area is 120 Å². The zero-order chi connectivity index (χ0) is 15.1. The van der Waals surface area contributed by atoms with E-state index >= 15 is 0 Å². The van der Waals surface area contributed by atoms with E-state index in [1.807, 2.05) is 0 Å². The predicted molar refractivity (Wildman–Crippen MR) is 73.0 cm³/mol. The van der Waals surface area contributed by atoms with Gasteiger partial charge in [-0.15, -0.1) is 11.8 Å². The van der Waals surface area contributed by atoms with E-state index in [4.69, 9.17) is 14.5 Å². The lowest BCUT2D eigenvalue weighted by Gasteiger charge is -2.10. The molecule has 0 fully saturated rings. The summed E-state index contributed by atoms with van der Waals surface area (Å²) in [5.41, 5.74) is 0. The normalized spacial score (nSPS) is 13.1. The molecular formula is C12H15N3O4S. The van der Waals surface area contributed by atoms with Gasteiger partial charge >= 0.3 is 5.97 Å². The molecule has 0 spiro atoms. The van der Waals surface area contributed by atoms with Crippen LogP contribution in [0.5, 0.6) is 0 Å². The maximum atomic E-state index is 11.8. The van der Waals surface area contributed by atoms with Gasteiger partial charge in [-0.2, -0.15) is 5.26 Å². The van der Waals surface area contributed by atoms with Crippen LogP contribution in [0.2, 0.25) is 0 Å². The fraction of sp³-hybridized carbons (Fsp3) is 0.500. The number of carbonyl (C=O) groups excluding carboxylic acids is 2. The highest BCUT2D eigenvalue weighted by atomic mass is 32.2. The monoisotopic (exact) mass is 297 g/mol. The Kier molecular flexibility index (Phi) is 6.06. The van der Waals surface area contributed by atoms with Crippen LogP contribution in [-0.4, -0.2) is 34.1 Å². The minimum Gasteiger partial charge on any atom is -0.447 e. The first-order chi connectivity index (χ1) is 9.42. The molecule has 0 saturated heterocycles. The quantitative estimate of drug-likeness (QED) is 0.793. The van der Waals surface area contributed by atoms with Crippen molar-refractivity contribution in [2.24, 2.45) is 0 Å². The number of esters is 1. The summed E-state index contributed by atoms with van der Waals surface area (Å²) in [6, 6.07) is 3.39. The van der Waals surface area contributed by atoms with Gasteiger partial charge in [0.1, 0.15) is 11.8 Å². The van der Waals surface area contributed by atoms with Crippen LogP contribution in [0.25, 0.3) is 0 Å². The number of amides is 1. The molecule has 108 valence electrons. The largest absolute Gasteiger partial charge is 0.447 e. The molecule has 1 amide bonds. The molecule has 2 unspecified atom stereocenters. The molecule has 7 nitrogen and oxygen atoms in total. The van der Waals surface area contributed by atoms with Crippen molar-refractivity contribution in [1.29, 1.82) is 5.26 Å². The van der Waals surface area contributed by atoms with Crippen LogP contribution < -0.4 is 5.32 Å². The van der Waals surface area contributed by atoms with E-state index in [9.17, 15) is 9.59 Å². The summed E-state index contributed by atoms with van der Waals surface area (Å²) in [4.78, 5) is 23.1. The third-order valence-corrected chi connectivity index (χ3v) is 3.31. The van der Waals surface area contributed by atoms with Crippen LogP contribution in [0.1, 0.15) is 19.6 Å². The minimum atomic E-state index is -0.787. The van der Waals surface area contributed by atoms with Crippen LogP contribution in [0, 0.1) is 18.3 Å². The van der Waals surface area contributed by atoms with Crippen LogP contribution in [0.4, 0.5) is 5.82 Å². The van der Waals surface area contributed by atoms with Gasteiger partial charge in [-0.1, -0.05) is 5.16 Å². The Hall–Kier alpha value is -2.01. The standard InChI is InChI=1S/C12H15N3O4S/c1-7-4-10(15-19-7)14-12(17)9(3)20-6-11(16)18-8(2)5-13/h4,8-9H,6H2,1-3H3,(H,14,15,17). The number of hydrogen-bond donors (Lipinski definition) is 1. The highest BCUT2D eigenvalue weighted by molar-refractivity contribution is 8.01. The Bertz CT molecular complexity index is 523. The highest BCUT2D eigenvalue weighted by Crippen LogP contribution is 2.14. The van der Waals surface area contributed by atoms with Gasteiger partial charge in [0.2, 0.25) is 5.91 Å². The number of aromatic nitrogens is 1. The number of ether oxygens (including phenoxy) is 1. The maximum absolute atomic E-state index is 11.8. The third kappa shape index (κ3) is 5.32. The number of carbonyl (C=O) groups is 2. The summed E-state index contributed by atoms with van der Waals surface area (Å²) >= 11 is 1.12. The first-order valence-electron chi connectivity index (χ1n) is 5.87. The molecular weight excluding hydrogens is 282 g/mol. The van der Waals surface area contributed by atoms with Crippen molar-refractivity contribution >= 4 is 29.5 Å². The maximum Gasteiger partial charge on any atom is 0.317 e. The molecule has 1 aromatic heterocycles. The molecule has 0 bridgehead atoms. The Morgan fingerprint density at radius 3 is 2.85 bits per heavy atom. The molecule has 0 aromatic carbocycles. The van der Waals surface area contributed by atoms with Crippen molar-refractivity contribution in [2.75, 3.05) is 11.1 Å². The zero-order valence-electron chi connectivity index (χ0n) is 11.4. The number of nitrogens with one attached hydrogen (secondary N) is 1. The molecule has 0 aliphatic heterocycles. The first kappa shape index (κ1) is 16.0. The summed E-state index contributed by atoms with van der Waals surface area (Å²) < 4.78 is 9.59. The smallest absolute Gasteiger partial charge is 0.317 e. The van der Waals surface area contributed by atoms with Gasteiger partial charge in [0.15, 0.2) is 11.9 Å². The Balaban J connectivity index is 2.35. The second-order valence-corrected chi connectivity index (χ2v) is 5.36. The van der Waals surface area contributed by atoms with Crippen LogP contribution in [0.15, 0.2) is 10.6 Å². The summed E-state index contributed by atoms with van der Waals surface area (Å²) in [7, 11) is 0. The van der Waals surface area contributed by atoms with Crippen LogP contribution in [-0.2, 0) is 14.3 Å². The van der Waals surface area contributed by atoms with Gasteiger partial charge in [0, 0.05) is 6.07 Å². The number of rotatable bonds is 6. The number of thioether (sulfide) groups is 1. The lowest BCUT2D eigenvalue weighted by atomic mass is 10.4. The second kappa shape index (κ2) is 7.55. The molecule has 1 aromatic rings. The molecule has 20 heavy (non-hydrogen) atoms. The number of aryl methyl sites for hydroxylation is 1. The lowest BCUT2D eigenvalue weighted by Crippen LogP contribution is -2.24. The number of nitrogens with zero attached hydrogens (tertiary/aromatic N) is 2. The molecule has 1 N–H and O–H groups in total. The van der Waals surface area contributed by atoms with Gasteiger partial charge in [0.05, 0.1) is 11.0 Å². The van der Waals surface area contributed by atoms with E-state index in [2.05, 4.69) is 10.5 Å². The number of anilines is 1. The minimum absolute atomic E-state index is 0.00154. The SMILES string of the molecule is Cc1cc(NC(=O)C(C)SCC(=O)OC(C)C#N)no1. The average Bonchev–Trinajstić information content (AvgIpc) is 2.81. The summed E-state index contributed by atoms with van der Waals surface area (Å²) in [5.74, 6) is 0.110. The van der Waals surface area contributed by atoms with Gasteiger partial charge in [-0.05, 0) is 20.8 Å². The summed E-state index contributed by atoms with van der Waals surface area (Å²) in [5, 5.41) is 14.2. The van der Waals surface area contributed by atoms with E-state index in [0.29, 0.717) is 11.6 Å². The number of hydrogen-bond acceptors (Lipinski definition) is 7. The van der Waals surface area contributed by atoms with E-state index in [-0.39, 0.29) is 11.7 Å². The topological polar surface area (TPSA) is 105 Å². The van der Waals surface area contributed by atoms with E-state index in [1.54, 1.807) is 26.0 Å². The van der Waals surface area contributed by atoms with E-state index in [1.165, 1.54) is 6.92 Å². The van der Waals surface area contributed by atoms with Crippen molar-refractivity contribution in [1.82, 2.24) is 5.16 Å². The van der Waals surface area contributed by atoms with Gasteiger partial charge < -0.3 is 14.6 Å². The molecule has 0 aliphatic carbocycles. The summed E-state index contributed by atoms with van der Waals surface area (Å²) in [6.07, 6.45) is -0.787. The van der Waals surface area contributed by atoms with E-state index < -0.39 is 17.3 Å². The summed E-state index contributed by atoms with van der Waals surface area (Å²) in [6.45, 7) is 4.85. The van der Waals surface area contributed by atoms with Crippen LogP contribution in [0.3, 0.4) is 0 Å². The van der Waals surface area contributed by atoms with Crippen molar-refractivity contribution < 1.29 is 18.8 Å². The molecule has 1 heterocycles. The van der Waals surface area contributed by atoms with Crippen molar-refractivity contribution in [2.45, 2.75) is 32.1 Å². The predicted octanol–water partition coefficient (Wildman–Crippen LogP) is 1.50. The zero-order valence-corrected chi connectivity index (χ0v) is 12.2. The third-order valence-electron chi connectivity index (χ3n) is 2.19. The van der Waals surface area contributed by atoms with E-state index in [0.717, 1.165) is 11.8 Å². The molecule has 0 radical (unpaired) electrons. The second-order valence-electron chi connectivity index (χ2n) is 4.03. The molecule has 0 aliphatic rings.